The Morgan fingerprint density at radius 2 is 2.07 bits per heavy atom. The van der Waals surface area contributed by atoms with Crippen LogP contribution in [0.3, 0.4) is 0 Å². The van der Waals surface area contributed by atoms with Crippen LogP contribution in [0.4, 0.5) is 5.13 Å². The third-order valence-electron chi connectivity index (χ3n) is 3.75. The minimum Gasteiger partial charge on any atom is -0.478 e. The highest BCUT2D eigenvalue weighted by molar-refractivity contribution is 7.22. The number of carboxylic acids is 1. The summed E-state index contributed by atoms with van der Waals surface area (Å²) in [5, 5.41) is 14.2. The number of rotatable bonds is 5. The van der Waals surface area contributed by atoms with Crippen molar-refractivity contribution in [3.63, 3.8) is 0 Å². The van der Waals surface area contributed by atoms with Gasteiger partial charge < -0.3 is 9.52 Å². The number of hydrazone groups is 1. The zero-order valence-corrected chi connectivity index (χ0v) is 15.3. The number of para-hydroxylation sites is 1. The summed E-state index contributed by atoms with van der Waals surface area (Å²) in [5.74, 6) is -0.0451. The smallest absolute Gasteiger partial charge is 0.337 e. The number of carboxylic acid groups (broad SMARTS) is 1. The summed E-state index contributed by atoms with van der Waals surface area (Å²) in [6, 6.07) is 16.0. The number of nitrogens with one attached hydrogen (secondary N) is 1. The maximum atomic E-state index is 11.2. The van der Waals surface area contributed by atoms with Gasteiger partial charge in [0.1, 0.15) is 11.5 Å². The molecule has 0 bridgehead atoms. The highest BCUT2D eigenvalue weighted by Gasteiger charge is 2.12. The first kappa shape index (κ1) is 17.3. The maximum Gasteiger partial charge on any atom is 0.337 e. The fourth-order valence-electron chi connectivity index (χ4n) is 2.49. The lowest BCUT2D eigenvalue weighted by atomic mass is 10.1. The number of nitrogens with zero attached hydrogens (tertiary/aromatic N) is 2. The van der Waals surface area contributed by atoms with E-state index in [0.717, 1.165) is 10.2 Å². The molecular formula is C19H12ClN3O3S. The second-order valence-electron chi connectivity index (χ2n) is 5.56. The van der Waals surface area contributed by atoms with Crippen molar-refractivity contribution in [2.75, 3.05) is 5.43 Å². The molecule has 2 aromatic heterocycles. The molecule has 4 aromatic rings. The molecule has 6 nitrogen and oxygen atoms in total. The number of furan rings is 1. The number of anilines is 1. The lowest BCUT2D eigenvalue weighted by Gasteiger charge is -2.01. The number of aromatic nitrogens is 1. The average molecular weight is 398 g/mol. The highest BCUT2D eigenvalue weighted by Crippen LogP contribution is 2.27. The van der Waals surface area contributed by atoms with Gasteiger partial charge in [0, 0.05) is 5.56 Å². The van der Waals surface area contributed by atoms with Gasteiger partial charge in [-0.25, -0.2) is 9.78 Å². The number of halogens is 1. The van der Waals surface area contributed by atoms with Crippen LogP contribution in [0.2, 0.25) is 5.02 Å². The van der Waals surface area contributed by atoms with E-state index in [2.05, 4.69) is 15.5 Å². The molecule has 2 aromatic carbocycles. The van der Waals surface area contributed by atoms with Crippen molar-refractivity contribution in [1.29, 1.82) is 0 Å². The quantitative estimate of drug-likeness (QED) is 0.350. The van der Waals surface area contributed by atoms with Crippen molar-refractivity contribution in [3.8, 4) is 11.3 Å². The molecule has 0 saturated carbocycles. The third-order valence-corrected chi connectivity index (χ3v) is 5.02. The lowest BCUT2D eigenvalue weighted by molar-refractivity contribution is 0.0697. The molecule has 0 aliphatic heterocycles. The van der Waals surface area contributed by atoms with Gasteiger partial charge in [-0.15, -0.1) is 0 Å². The second-order valence-corrected chi connectivity index (χ2v) is 7.00. The van der Waals surface area contributed by atoms with Crippen molar-refractivity contribution < 1.29 is 14.3 Å². The van der Waals surface area contributed by atoms with E-state index in [1.807, 2.05) is 24.3 Å². The van der Waals surface area contributed by atoms with Gasteiger partial charge in [-0.2, -0.15) is 5.10 Å². The maximum absolute atomic E-state index is 11.2. The topological polar surface area (TPSA) is 87.7 Å². The summed E-state index contributed by atoms with van der Waals surface area (Å²) >= 11 is 7.40. The van der Waals surface area contributed by atoms with Crippen molar-refractivity contribution in [1.82, 2.24) is 4.98 Å². The van der Waals surface area contributed by atoms with Gasteiger partial charge in [0.15, 0.2) is 0 Å². The summed E-state index contributed by atoms with van der Waals surface area (Å²) in [6.45, 7) is 0. The minimum absolute atomic E-state index is 0.0262. The number of hydrogen-bond acceptors (Lipinski definition) is 6. The standard InChI is InChI=1S/C19H12ClN3O3S/c20-14-7-5-11(9-13(14)18(24)25)16-8-6-12(26-16)10-21-23-19-22-15-3-1-2-4-17(15)27-19/h1-10H,(H,22,23)(H,24,25). The first-order chi connectivity index (χ1) is 13.1. The SMILES string of the molecule is O=C(O)c1cc(-c2ccc(C=NNc3nc4ccccc4s3)o2)ccc1Cl. The van der Waals surface area contributed by atoms with E-state index in [4.69, 9.17) is 21.1 Å². The molecule has 4 rings (SSSR count). The van der Waals surface area contributed by atoms with Crippen LogP contribution in [0.15, 0.2) is 64.1 Å². The average Bonchev–Trinajstić information content (AvgIpc) is 3.28. The molecule has 27 heavy (non-hydrogen) atoms. The molecule has 0 aliphatic carbocycles. The summed E-state index contributed by atoms with van der Waals surface area (Å²) in [6.07, 6.45) is 1.53. The van der Waals surface area contributed by atoms with Gasteiger partial charge in [-0.1, -0.05) is 35.1 Å². The lowest BCUT2D eigenvalue weighted by Crippen LogP contribution is -1.97. The number of hydrogen-bond donors (Lipinski definition) is 2. The van der Waals surface area contributed by atoms with Gasteiger partial charge in [0.25, 0.3) is 0 Å². The Morgan fingerprint density at radius 1 is 1.22 bits per heavy atom. The van der Waals surface area contributed by atoms with Gasteiger partial charge in [-0.3, -0.25) is 5.43 Å². The van der Waals surface area contributed by atoms with Crippen molar-refractivity contribution >= 4 is 50.5 Å². The Kier molecular flexibility index (Phi) is 4.62. The molecule has 0 fully saturated rings. The normalized spacial score (nSPS) is 11.3. The molecule has 0 atom stereocenters. The summed E-state index contributed by atoms with van der Waals surface area (Å²) < 4.78 is 6.78. The Bertz CT molecular complexity index is 1130. The largest absolute Gasteiger partial charge is 0.478 e. The molecule has 2 heterocycles. The zero-order chi connectivity index (χ0) is 18.8. The van der Waals surface area contributed by atoms with Gasteiger partial charge in [0.05, 0.1) is 27.0 Å². The molecule has 0 saturated heterocycles. The monoisotopic (exact) mass is 397 g/mol. The number of thiazole rings is 1. The van der Waals surface area contributed by atoms with E-state index in [1.54, 1.807) is 18.2 Å². The molecule has 0 aliphatic rings. The molecular weight excluding hydrogens is 386 g/mol. The first-order valence-electron chi connectivity index (χ1n) is 7.88. The fourth-order valence-corrected chi connectivity index (χ4v) is 3.50. The predicted octanol–water partition coefficient (Wildman–Crippen LogP) is 5.35. The van der Waals surface area contributed by atoms with Crippen LogP contribution < -0.4 is 5.43 Å². The van der Waals surface area contributed by atoms with Crippen LogP contribution in [-0.4, -0.2) is 22.3 Å². The number of carbonyl (C=O) groups is 1. The van der Waals surface area contributed by atoms with Crippen LogP contribution in [-0.2, 0) is 0 Å². The number of fused-ring (bicyclic) bond motifs is 1. The summed E-state index contributed by atoms with van der Waals surface area (Å²) in [4.78, 5) is 15.6. The Labute approximate surface area is 162 Å². The molecule has 134 valence electrons. The van der Waals surface area contributed by atoms with E-state index in [1.165, 1.54) is 29.7 Å². The molecule has 0 unspecified atom stereocenters. The van der Waals surface area contributed by atoms with Gasteiger partial charge >= 0.3 is 5.97 Å². The molecule has 2 N–H and O–H groups in total. The minimum atomic E-state index is -1.09. The van der Waals surface area contributed by atoms with Gasteiger partial charge in [-0.05, 0) is 42.5 Å². The van der Waals surface area contributed by atoms with Crippen LogP contribution in [0.25, 0.3) is 21.5 Å². The fraction of sp³-hybridized carbons (Fsp3) is 0. The van der Waals surface area contributed by atoms with Crippen molar-refractivity contribution in [2.24, 2.45) is 5.10 Å². The van der Waals surface area contributed by atoms with Crippen LogP contribution in [0.1, 0.15) is 16.1 Å². The van der Waals surface area contributed by atoms with Crippen LogP contribution in [0, 0.1) is 0 Å². The Balaban J connectivity index is 1.50. The van der Waals surface area contributed by atoms with Crippen molar-refractivity contribution in [3.05, 3.63) is 70.9 Å². The van der Waals surface area contributed by atoms with Crippen LogP contribution >= 0.6 is 22.9 Å². The number of benzene rings is 2. The molecule has 0 amide bonds. The highest BCUT2D eigenvalue weighted by atomic mass is 35.5. The predicted molar refractivity (Wildman–Crippen MR) is 107 cm³/mol. The second kappa shape index (κ2) is 7.22. The van der Waals surface area contributed by atoms with E-state index in [9.17, 15) is 4.79 Å². The zero-order valence-electron chi connectivity index (χ0n) is 13.7. The third kappa shape index (κ3) is 3.69. The Morgan fingerprint density at radius 3 is 2.89 bits per heavy atom. The van der Waals surface area contributed by atoms with E-state index >= 15 is 0 Å². The van der Waals surface area contributed by atoms with E-state index in [-0.39, 0.29) is 10.6 Å². The van der Waals surface area contributed by atoms with Crippen molar-refractivity contribution in [2.45, 2.75) is 0 Å². The van der Waals surface area contributed by atoms with Crippen LogP contribution in [0.5, 0.6) is 0 Å². The van der Waals surface area contributed by atoms with E-state index in [0.29, 0.717) is 22.2 Å². The van der Waals surface area contributed by atoms with Gasteiger partial charge in [0.2, 0.25) is 5.13 Å². The molecule has 0 spiro atoms. The van der Waals surface area contributed by atoms with E-state index < -0.39 is 5.97 Å². The summed E-state index contributed by atoms with van der Waals surface area (Å²) in [7, 11) is 0. The molecule has 0 radical (unpaired) electrons. The Hall–Kier alpha value is -3.16. The summed E-state index contributed by atoms with van der Waals surface area (Å²) in [5.41, 5.74) is 4.45. The number of aromatic carboxylic acids is 1. The molecule has 8 heteroatoms. The first-order valence-corrected chi connectivity index (χ1v) is 9.07.